The average Bonchev–Trinajstić information content (AvgIpc) is 2.35. The lowest BCUT2D eigenvalue weighted by molar-refractivity contribution is 0.512. The molecule has 0 aliphatic carbocycles. The fraction of sp³-hybridized carbons (Fsp3) is 0.0714. The van der Waals surface area contributed by atoms with Gasteiger partial charge in [-0.15, -0.1) is 0 Å². The summed E-state index contributed by atoms with van der Waals surface area (Å²) >= 11 is 0. The first-order valence-electron chi connectivity index (χ1n) is 5.33. The molecule has 90 valence electrons. The number of halogens is 2. The third kappa shape index (κ3) is 2.30. The fourth-order valence-corrected chi connectivity index (χ4v) is 1.60. The normalized spacial score (nSPS) is 9.89. The molecule has 0 aliphatic rings. The molecule has 0 saturated heterocycles. The van der Waals surface area contributed by atoms with Crippen LogP contribution in [0.4, 0.5) is 20.2 Å². The average molecular weight is 244 g/mol. The maximum atomic E-state index is 13.5. The van der Waals surface area contributed by atoms with Crippen LogP contribution >= 0.6 is 0 Å². The zero-order chi connectivity index (χ0) is 13.1. The summed E-state index contributed by atoms with van der Waals surface area (Å²) in [5, 5.41) is 11.7. The minimum absolute atomic E-state index is 0.0112. The molecule has 2 aromatic carbocycles. The lowest BCUT2D eigenvalue weighted by Crippen LogP contribution is -1.98. The molecule has 2 nitrogen and oxygen atoms in total. The topological polar surface area (TPSA) is 35.8 Å². The maximum absolute atomic E-state index is 13.5. The van der Waals surface area contributed by atoms with Crippen molar-refractivity contribution >= 4 is 11.4 Å². The van der Waals surface area contributed by atoms with E-state index in [-0.39, 0.29) is 5.69 Å². The lowest BCUT2D eigenvalue weighted by atomic mass is 10.1. The van der Waals surface area contributed by atoms with Gasteiger partial charge >= 0.3 is 0 Å². The smallest absolute Gasteiger partial charge is 0.182 e. The van der Waals surface area contributed by atoms with Crippen LogP contribution in [-0.4, -0.2) is 0 Å². The van der Waals surface area contributed by atoms with Gasteiger partial charge in [-0.3, -0.25) is 0 Å². The van der Waals surface area contributed by atoms with E-state index in [4.69, 9.17) is 5.26 Å². The number of benzene rings is 2. The molecule has 1 N–H and O–H groups in total. The Morgan fingerprint density at radius 1 is 1.11 bits per heavy atom. The largest absolute Gasteiger partial charge is 0.352 e. The molecule has 0 atom stereocenters. The summed E-state index contributed by atoms with van der Waals surface area (Å²) in [6.07, 6.45) is 0. The molecule has 4 heteroatoms. The van der Waals surface area contributed by atoms with Gasteiger partial charge in [-0.25, -0.2) is 8.78 Å². The zero-order valence-corrected chi connectivity index (χ0v) is 9.67. The molecule has 0 aliphatic heterocycles. The van der Waals surface area contributed by atoms with Gasteiger partial charge in [0.25, 0.3) is 0 Å². The van der Waals surface area contributed by atoms with Crippen LogP contribution in [0, 0.1) is 29.9 Å². The van der Waals surface area contributed by atoms with E-state index in [9.17, 15) is 8.78 Å². The van der Waals surface area contributed by atoms with Gasteiger partial charge in [-0.05, 0) is 36.8 Å². The molecule has 2 aromatic rings. The van der Waals surface area contributed by atoms with E-state index < -0.39 is 11.6 Å². The highest BCUT2D eigenvalue weighted by molar-refractivity contribution is 5.67. The number of nitrogens with zero attached hydrogens (tertiary/aromatic N) is 1. The van der Waals surface area contributed by atoms with Crippen molar-refractivity contribution in [1.29, 1.82) is 5.26 Å². The van der Waals surface area contributed by atoms with Gasteiger partial charge in [-0.1, -0.05) is 12.1 Å². The molecule has 0 aromatic heterocycles. The van der Waals surface area contributed by atoms with Gasteiger partial charge in [0, 0.05) is 0 Å². The predicted molar refractivity (Wildman–Crippen MR) is 65.5 cm³/mol. The Labute approximate surface area is 103 Å². The SMILES string of the molecule is Cc1ccc(C#N)c(Nc2cccc(F)c2F)c1. The van der Waals surface area contributed by atoms with E-state index in [1.807, 2.05) is 13.0 Å². The molecule has 0 unspecified atom stereocenters. The van der Waals surface area contributed by atoms with Crippen molar-refractivity contribution in [3.63, 3.8) is 0 Å². The fourth-order valence-electron chi connectivity index (χ4n) is 1.60. The number of hydrogen-bond acceptors (Lipinski definition) is 2. The van der Waals surface area contributed by atoms with Crippen molar-refractivity contribution in [3.05, 3.63) is 59.2 Å². The molecule has 0 heterocycles. The number of rotatable bonds is 2. The van der Waals surface area contributed by atoms with E-state index in [2.05, 4.69) is 5.32 Å². The van der Waals surface area contributed by atoms with Crippen molar-refractivity contribution in [1.82, 2.24) is 0 Å². The number of nitrogens with one attached hydrogen (secondary N) is 1. The second kappa shape index (κ2) is 4.84. The van der Waals surface area contributed by atoms with E-state index in [0.717, 1.165) is 11.6 Å². The Hall–Kier alpha value is -2.41. The van der Waals surface area contributed by atoms with Crippen LogP contribution in [0.5, 0.6) is 0 Å². The summed E-state index contributed by atoms with van der Waals surface area (Å²) in [6.45, 7) is 1.86. The molecule has 2 rings (SSSR count). The van der Waals surface area contributed by atoms with Gasteiger partial charge in [0.1, 0.15) is 6.07 Å². The monoisotopic (exact) mass is 244 g/mol. The standard InChI is InChI=1S/C14H10F2N2/c1-9-5-6-10(8-17)13(7-9)18-12-4-2-3-11(15)14(12)16/h2-7,18H,1H3. The van der Waals surface area contributed by atoms with E-state index in [1.54, 1.807) is 18.2 Å². The van der Waals surface area contributed by atoms with Gasteiger partial charge < -0.3 is 5.32 Å². The summed E-state index contributed by atoms with van der Waals surface area (Å²) in [7, 11) is 0. The molecule has 0 radical (unpaired) electrons. The van der Waals surface area contributed by atoms with Gasteiger partial charge in [0.05, 0.1) is 16.9 Å². The highest BCUT2D eigenvalue weighted by atomic mass is 19.2. The molecule has 0 spiro atoms. The van der Waals surface area contributed by atoms with Crippen molar-refractivity contribution < 1.29 is 8.78 Å². The third-order valence-corrected chi connectivity index (χ3v) is 2.52. The Bertz CT molecular complexity index is 630. The highest BCUT2D eigenvalue weighted by Gasteiger charge is 2.09. The van der Waals surface area contributed by atoms with Gasteiger partial charge in [0.15, 0.2) is 11.6 Å². The van der Waals surface area contributed by atoms with Crippen LogP contribution in [0.3, 0.4) is 0 Å². The molecule has 18 heavy (non-hydrogen) atoms. The molecule has 0 amide bonds. The van der Waals surface area contributed by atoms with Crippen LogP contribution in [0.15, 0.2) is 36.4 Å². The summed E-state index contributed by atoms with van der Waals surface area (Å²) in [5.41, 5.74) is 1.77. The summed E-state index contributed by atoms with van der Waals surface area (Å²) in [4.78, 5) is 0. The second-order valence-electron chi connectivity index (χ2n) is 3.89. The van der Waals surface area contributed by atoms with Gasteiger partial charge in [-0.2, -0.15) is 5.26 Å². The van der Waals surface area contributed by atoms with Crippen LogP contribution < -0.4 is 5.32 Å². The number of aryl methyl sites for hydroxylation is 1. The number of anilines is 2. The Morgan fingerprint density at radius 2 is 1.89 bits per heavy atom. The minimum Gasteiger partial charge on any atom is -0.352 e. The van der Waals surface area contributed by atoms with Crippen LogP contribution in [0.1, 0.15) is 11.1 Å². The number of hydrogen-bond donors (Lipinski definition) is 1. The van der Waals surface area contributed by atoms with Crippen LogP contribution in [-0.2, 0) is 0 Å². The number of nitriles is 1. The lowest BCUT2D eigenvalue weighted by Gasteiger charge is -2.10. The van der Waals surface area contributed by atoms with Gasteiger partial charge in [0.2, 0.25) is 0 Å². The molecule has 0 saturated carbocycles. The third-order valence-electron chi connectivity index (χ3n) is 2.52. The quantitative estimate of drug-likeness (QED) is 0.869. The molecular weight excluding hydrogens is 234 g/mol. The highest BCUT2D eigenvalue weighted by Crippen LogP contribution is 2.24. The zero-order valence-electron chi connectivity index (χ0n) is 9.67. The van der Waals surface area contributed by atoms with E-state index >= 15 is 0 Å². The Kier molecular flexibility index (Phi) is 3.24. The van der Waals surface area contributed by atoms with Crippen molar-refractivity contribution in [2.75, 3.05) is 5.32 Å². The first-order chi connectivity index (χ1) is 8.61. The predicted octanol–water partition coefficient (Wildman–Crippen LogP) is 3.89. The second-order valence-corrected chi connectivity index (χ2v) is 3.89. The van der Waals surface area contributed by atoms with E-state index in [0.29, 0.717) is 11.3 Å². The van der Waals surface area contributed by atoms with Crippen molar-refractivity contribution in [2.45, 2.75) is 6.92 Å². The van der Waals surface area contributed by atoms with E-state index in [1.165, 1.54) is 12.1 Å². The maximum Gasteiger partial charge on any atom is 0.182 e. The summed E-state index contributed by atoms with van der Waals surface area (Å²) < 4.78 is 26.6. The van der Waals surface area contributed by atoms with Crippen molar-refractivity contribution in [2.24, 2.45) is 0 Å². The molecule has 0 fully saturated rings. The summed E-state index contributed by atoms with van der Waals surface area (Å²) in [6, 6.07) is 11.0. The molecular formula is C14H10F2N2. The van der Waals surface area contributed by atoms with Crippen molar-refractivity contribution in [3.8, 4) is 6.07 Å². The minimum atomic E-state index is -0.956. The molecule has 0 bridgehead atoms. The Morgan fingerprint density at radius 3 is 2.61 bits per heavy atom. The first-order valence-corrected chi connectivity index (χ1v) is 5.33. The Balaban J connectivity index is 2.43. The summed E-state index contributed by atoms with van der Waals surface area (Å²) in [5.74, 6) is -1.88. The van der Waals surface area contributed by atoms with Crippen LogP contribution in [0.25, 0.3) is 0 Å². The first kappa shape index (κ1) is 12.1. The van der Waals surface area contributed by atoms with Crippen LogP contribution in [0.2, 0.25) is 0 Å².